The highest BCUT2D eigenvalue weighted by atomic mass is 35.5. The van der Waals surface area contributed by atoms with Crippen LogP contribution in [0.15, 0.2) is 72.8 Å². The highest BCUT2D eigenvalue weighted by molar-refractivity contribution is 6.30. The van der Waals surface area contributed by atoms with Gasteiger partial charge in [-0.15, -0.1) is 0 Å². The number of benzene rings is 3. The molecule has 0 fully saturated rings. The Morgan fingerprint density at radius 1 is 0.889 bits per heavy atom. The minimum Gasteiger partial charge on any atom is -0.497 e. The number of hydrogen-bond acceptors (Lipinski definition) is 3. The van der Waals surface area contributed by atoms with Gasteiger partial charge in [-0.2, -0.15) is 0 Å². The van der Waals surface area contributed by atoms with Gasteiger partial charge in [0, 0.05) is 22.5 Å². The third-order valence-electron chi connectivity index (χ3n) is 3.76. The maximum Gasteiger partial charge on any atom is 0.323 e. The molecule has 0 spiro atoms. The first-order chi connectivity index (χ1) is 13.1. The Labute approximate surface area is 162 Å². The Morgan fingerprint density at radius 2 is 1.59 bits per heavy atom. The molecular weight excluding hydrogens is 364 g/mol. The Morgan fingerprint density at radius 3 is 2.30 bits per heavy atom. The van der Waals surface area contributed by atoms with Gasteiger partial charge in [-0.3, -0.25) is 0 Å². The molecule has 0 saturated carbocycles. The van der Waals surface area contributed by atoms with Crippen LogP contribution >= 0.6 is 11.6 Å². The van der Waals surface area contributed by atoms with Gasteiger partial charge in [-0.05, 0) is 54.1 Å². The van der Waals surface area contributed by atoms with Crippen molar-refractivity contribution in [2.75, 3.05) is 17.7 Å². The molecule has 5 nitrogen and oxygen atoms in total. The summed E-state index contributed by atoms with van der Waals surface area (Å²) >= 11 is 5.87. The van der Waals surface area contributed by atoms with Gasteiger partial charge in [0.1, 0.15) is 18.1 Å². The molecule has 3 aromatic rings. The molecule has 3 rings (SSSR count). The normalized spacial score (nSPS) is 10.1. The fourth-order valence-electron chi connectivity index (χ4n) is 2.38. The van der Waals surface area contributed by atoms with E-state index in [2.05, 4.69) is 10.6 Å². The first kappa shape index (κ1) is 18.6. The summed E-state index contributed by atoms with van der Waals surface area (Å²) < 4.78 is 10.9. The molecule has 0 aliphatic rings. The van der Waals surface area contributed by atoms with Crippen LogP contribution in [-0.2, 0) is 6.61 Å². The lowest BCUT2D eigenvalue weighted by atomic mass is 10.2. The van der Waals surface area contributed by atoms with Gasteiger partial charge in [0.2, 0.25) is 0 Å². The Kier molecular flexibility index (Phi) is 6.18. The summed E-state index contributed by atoms with van der Waals surface area (Å²) in [5, 5.41) is 6.23. The number of urea groups is 1. The molecule has 27 heavy (non-hydrogen) atoms. The maximum absolute atomic E-state index is 12.1. The molecular formula is C21H19ClN2O3. The molecule has 0 heterocycles. The molecule has 0 bridgehead atoms. The van der Waals surface area contributed by atoms with Crippen LogP contribution in [0.3, 0.4) is 0 Å². The molecule has 138 valence electrons. The number of amides is 2. The number of carbonyl (C=O) groups is 1. The lowest BCUT2D eigenvalue weighted by Gasteiger charge is -2.10. The van der Waals surface area contributed by atoms with Crippen molar-refractivity contribution in [1.29, 1.82) is 0 Å². The Balaban J connectivity index is 1.52. The fraction of sp³-hybridized carbons (Fsp3) is 0.0952. The summed E-state index contributed by atoms with van der Waals surface area (Å²) in [7, 11) is 1.58. The molecule has 2 N–H and O–H groups in total. The van der Waals surface area contributed by atoms with Crippen molar-refractivity contribution in [2.45, 2.75) is 6.61 Å². The minimum atomic E-state index is -0.335. The first-order valence-corrected chi connectivity index (χ1v) is 8.69. The third-order valence-corrected chi connectivity index (χ3v) is 4.01. The first-order valence-electron chi connectivity index (χ1n) is 8.32. The number of rotatable bonds is 6. The van der Waals surface area contributed by atoms with Crippen LogP contribution < -0.4 is 20.1 Å². The van der Waals surface area contributed by atoms with Crippen molar-refractivity contribution >= 4 is 29.0 Å². The van der Waals surface area contributed by atoms with Crippen molar-refractivity contribution < 1.29 is 14.3 Å². The van der Waals surface area contributed by atoms with Gasteiger partial charge >= 0.3 is 6.03 Å². The van der Waals surface area contributed by atoms with E-state index in [4.69, 9.17) is 21.1 Å². The van der Waals surface area contributed by atoms with Crippen LogP contribution in [-0.4, -0.2) is 13.1 Å². The van der Waals surface area contributed by atoms with Gasteiger partial charge in [-0.25, -0.2) is 4.79 Å². The van der Waals surface area contributed by atoms with E-state index in [-0.39, 0.29) is 6.03 Å². The Hall–Kier alpha value is -3.18. The van der Waals surface area contributed by atoms with E-state index in [0.29, 0.717) is 34.5 Å². The quantitative estimate of drug-likeness (QED) is 0.585. The van der Waals surface area contributed by atoms with Crippen LogP contribution in [0.25, 0.3) is 0 Å². The van der Waals surface area contributed by atoms with Gasteiger partial charge in [0.15, 0.2) is 0 Å². The molecule has 0 unspecified atom stereocenters. The van der Waals surface area contributed by atoms with E-state index < -0.39 is 0 Å². The van der Waals surface area contributed by atoms with Crippen LogP contribution in [0.4, 0.5) is 16.2 Å². The lowest BCUT2D eigenvalue weighted by Crippen LogP contribution is -2.19. The zero-order chi connectivity index (χ0) is 19.1. The summed E-state index contributed by atoms with van der Waals surface area (Å²) in [6, 6.07) is 21.5. The third kappa shape index (κ3) is 5.66. The zero-order valence-corrected chi connectivity index (χ0v) is 15.5. The van der Waals surface area contributed by atoms with Crippen molar-refractivity contribution in [2.24, 2.45) is 0 Å². The topological polar surface area (TPSA) is 59.6 Å². The van der Waals surface area contributed by atoms with E-state index in [1.807, 2.05) is 30.3 Å². The monoisotopic (exact) mass is 382 g/mol. The summed E-state index contributed by atoms with van der Waals surface area (Å²) in [5.41, 5.74) is 2.34. The number of halogens is 1. The second-order valence-corrected chi connectivity index (χ2v) is 6.19. The fourth-order valence-corrected chi connectivity index (χ4v) is 2.50. The summed E-state index contributed by atoms with van der Waals surface area (Å²) in [6.07, 6.45) is 0. The van der Waals surface area contributed by atoms with Crippen LogP contribution in [0, 0.1) is 0 Å². The largest absolute Gasteiger partial charge is 0.497 e. The highest BCUT2D eigenvalue weighted by Gasteiger charge is 2.04. The number of anilines is 2. The Bertz CT molecular complexity index is 896. The molecule has 0 saturated heterocycles. The lowest BCUT2D eigenvalue weighted by molar-refractivity contribution is 0.262. The predicted octanol–water partition coefficient (Wildman–Crippen LogP) is 5.57. The average Bonchev–Trinajstić information content (AvgIpc) is 2.69. The van der Waals surface area contributed by atoms with Crippen LogP contribution in [0.2, 0.25) is 5.02 Å². The van der Waals surface area contributed by atoms with E-state index in [1.165, 1.54) is 0 Å². The molecule has 0 aromatic heterocycles. The molecule has 3 aromatic carbocycles. The smallest absolute Gasteiger partial charge is 0.323 e. The summed E-state index contributed by atoms with van der Waals surface area (Å²) in [5.74, 6) is 1.39. The summed E-state index contributed by atoms with van der Waals surface area (Å²) in [4.78, 5) is 12.1. The standard InChI is InChI=1S/C21H19ClN2O3/c1-26-20-4-2-3-18(13-20)24-21(25)23-17-9-11-19(12-10-17)27-14-15-5-7-16(22)8-6-15/h2-13H,14H2,1H3,(H2,23,24,25). The number of methoxy groups -OCH3 is 1. The molecule has 6 heteroatoms. The van der Waals surface area contributed by atoms with E-state index in [0.717, 1.165) is 5.56 Å². The average molecular weight is 383 g/mol. The summed E-state index contributed by atoms with van der Waals surface area (Å²) in [6.45, 7) is 0.445. The maximum atomic E-state index is 12.1. The van der Waals surface area contributed by atoms with E-state index >= 15 is 0 Å². The molecule has 0 aliphatic heterocycles. The molecule has 0 aliphatic carbocycles. The number of carbonyl (C=O) groups excluding carboxylic acids is 1. The molecule has 0 radical (unpaired) electrons. The molecule has 2 amide bonds. The zero-order valence-electron chi connectivity index (χ0n) is 14.7. The second-order valence-electron chi connectivity index (χ2n) is 5.75. The van der Waals surface area contributed by atoms with Crippen LogP contribution in [0.1, 0.15) is 5.56 Å². The van der Waals surface area contributed by atoms with Gasteiger partial charge in [0.25, 0.3) is 0 Å². The van der Waals surface area contributed by atoms with Crippen molar-refractivity contribution in [3.8, 4) is 11.5 Å². The van der Waals surface area contributed by atoms with Gasteiger partial charge in [0.05, 0.1) is 7.11 Å². The van der Waals surface area contributed by atoms with E-state index in [9.17, 15) is 4.79 Å². The minimum absolute atomic E-state index is 0.335. The number of nitrogens with one attached hydrogen (secondary N) is 2. The predicted molar refractivity (Wildman–Crippen MR) is 108 cm³/mol. The number of hydrogen-bond donors (Lipinski definition) is 2. The van der Waals surface area contributed by atoms with Crippen molar-refractivity contribution in [1.82, 2.24) is 0 Å². The SMILES string of the molecule is COc1cccc(NC(=O)Nc2ccc(OCc3ccc(Cl)cc3)cc2)c1. The van der Waals surface area contributed by atoms with Gasteiger partial charge in [-0.1, -0.05) is 29.8 Å². The van der Waals surface area contributed by atoms with E-state index in [1.54, 1.807) is 49.6 Å². The second kappa shape index (κ2) is 8.96. The van der Waals surface area contributed by atoms with Crippen molar-refractivity contribution in [3.05, 3.63) is 83.4 Å². The highest BCUT2D eigenvalue weighted by Crippen LogP contribution is 2.19. The molecule has 0 atom stereocenters. The van der Waals surface area contributed by atoms with Crippen molar-refractivity contribution in [3.63, 3.8) is 0 Å². The van der Waals surface area contributed by atoms with Crippen LogP contribution in [0.5, 0.6) is 11.5 Å². The van der Waals surface area contributed by atoms with Gasteiger partial charge < -0.3 is 20.1 Å². The number of ether oxygens (including phenoxy) is 2.